The van der Waals surface area contributed by atoms with Crippen LogP contribution in [0.25, 0.3) is 0 Å². The lowest BCUT2D eigenvalue weighted by molar-refractivity contribution is 0.394. The van der Waals surface area contributed by atoms with Crippen LogP contribution in [0.1, 0.15) is 38.7 Å². The lowest BCUT2D eigenvalue weighted by Crippen LogP contribution is -2.34. The molecule has 1 saturated heterocycles. The summed E-state index contributed by atoms with van der Waals surface area (Å²) in [6.45, 7) is 6.66. The van der Waals surface area contributed by atoms with Crippen molar-refractivity contribution in [1.82, 2.24) is 0 Å². The Morgan fingerprint density at radius 3 is 2.63 bits per heavy atom. The molecule has 1 aliphatic rings. The zero-order valence-electron chi connectivity index (χ0n) is 12.0. The monoisotopic (exact) mass is 280 g/mol. The summed E-state index contributed by atoms with van der Waals surface area (Å²) in [5.41, 5.74) is 8.57. The molecule has 1 fully saturated rings. The van der Waals surface area contributed by atoms with Crippen molar-refractivity contribution in [1.29, 1.82) is 0 Å². The van der Waals surface area contributed by atoms with Crippen LogP contribution in [0.5, 0.6) is 0 Å². The number of hydrogen-bond donors (Lipinski definition) is 1. The van der Waals surface area contributed by atoms with Crippen LogP contribution < -0.4 is 10.6 Å². The molecule has 1 aliphatic heterocycles. The Bertz CT molecular complexity index is 409. The topological polar surface area (TPSA) is 29.3 Å². The maximum absolute atomic E-state index is 6.13. The summed E-state index contributed by atoms with van der Waals surface area (Å²) >= 11 is 6.13. The number of anilines is 1. The molecule has 2 nitrogen and oxygen atoms in total. The molecular weight excluding hydrogens is 256 g/mol. The zero-order valence-corrected chi connectivity index (χ0v) is 12.8. The molecule has 2 N–H and O–H groups in total. The van der Waals surface area contributed by atoms with Crippen molar-refractivity contribution >= 4 is 17.3 Å². The van der Waals surface area contributed by atoms with Crippen molar-refractivity contribution < 1.29 is 0 Å². The third-order valence-electron chi connectivity index (χ3n) is 4.12. The molecule has 106 valence electrons. The zero-order chi connectivity index (χ0) is 13.8. The van der Waals surface area contributed by atoms with E-state index in [-0.39, 0.29) is 6.04 Å². The Hall–Kier alpha value is -0.730. The van der Waals surface area contributed by atoms with Crippen molar-refractivity contribution in [2.45, 2.75) is 45.6 Å². The summed E-state index contributed by atoms with van der Waals surface area (Å²) in [6.07, 6.45) is 4.80. The predicted molar refractivity (Wildman–Crippen MR) is 84.0 cm³/mol. The Balaban J connectivity index is 2.15. The van der Waals surface area contributed by atoms with E-state index in [0.29, 0.717) is 0 Å². The van der Waals surface area contributed by atoms with Crippen molar-refractivity contribution in [3.63, 3.8) is 0 Å². The van der Waals surface area contributed by atoms with Crippen LogP contribution in [0.15, 0.2) is 18.2 Å². The molecule has 0 radical (unpaired) electrons. The van der Waals surface area contributed by atoms with E-state index in [1.807, 2.05) is 13.0 Å². The van der Waals surface area contributed by atoms with Crippen molar-refractivity contribution in [2.75, 3.05) is 18.0 Å². The number of nitrogens with zero attached hydrogens (tertiary/aromatic N) is 1. The number of nitrogens with two attached hydrogens (primary N) is 1. The fourth-order valence-corrected chi connectivity index (χ4v) is 3.15. The molecule has 1 aromatic carbocycles. The van der Waals surface area contributed by atoms with E-state index in [1.54, 1.807) is 0 Å². The highest BCUT2D eigenvalue weighted by molar-refractivity contribution is 6.30. The second-order valence-electron chi connectivity index (χ2n) is 5.79. The van der Waals surface area contributed by atoms with Crippen LogP contribution in [-0.2, 0) is 6.42 Å². The first-order valence-electron chi connectivity index (χ1n) is 7.39. The summed E-state index contributed by atoms with van der Waals surface area (Å²) in [5, 5.41) is 0.808. The van der Waals surface area contributed by atoms with Crippen LogP contribution in [0.2, 0.25) is 5.02 Å². The van der Waals surface area contributed by atoms with Gasteiger partial charge in [-0.05, 0) is 55.9 Å². The fraction of sp³-hybridized carbons (Fsp3) is 0.625. The molecule has 1 aromatic rings. The molecule has 19 heavy (non-hydrogen) atoms. The first-order valence-corrected chi connectivity index (χ1v) is 7.77. The van der Waals surface area contributed by atoms with Gasteiger partial charge in [0.25, 0.3) is 0 Å². The standard InChI is InChI=1S/C16H25ClN2/c1-3-13-6-8-19(9-7-13)16-5-4-15(17)11-14(16)10-12(2)18/h4-5,11-13H,3,6-10,18H2,1-2H3. The molecule has 0 saturated carbocycles. The van der Waals surface area contributed by atoms with Gasteiger partial charge in [-0.3, -0.25) is 0 Å². The average Bonchev–Trinajstić information content (AvgIpc) is 2.38. The summed E-state index contributed by atoms with van der Waals surface area (Å²) in [7, 11) is 0. The SMILES string of the molecule is CCC1CCN(c2ccc(Cl)cc2CC(C)N)CC1. The van der Waals surface area contributed by atoms with Gasteiger partial charge in [0.2, 0.25) is 0 Å². The van der Waals surface area contributed by atoms with Crippen molar-refractivity contribution in [2.24, 2.45) is 11.7 Å². The van der Waals surface area contributed by atoms with Gasteiger partial charge in [-0.2, -0.15) is 0 Å². The Morgan fingerprint density at radius 1 is 1.37 bits per heavy atom. The van der Waals surface area contributed by atoms with Gasteiger partial charge in [0.15, 0.2) is 0 Å². The van der Waals surface area contributed by atoms with Gasteiger partial charge >= 0.3 is 0 Å². The van der Waals surface area contributed by atoms with Gasteiger partial charge in [0.1, 0.15) is 0 Å². The first-order chi connectivity index (χ1) is 9.10. The molecule has 0 amide bonds. The molecule has 0 aromatic heterocycles. The van der Waals surface area contributed by atoms with Gasteiger partial charge in [-0.1, -0.05) is 24.9 Å². The lowest BCUT2D eigenvalue weighted by Gasteiger charge is -2.34. The number of halogens is 1. The fourth-order valence-electron chi connectivity index (χ4n) is 2.96. The third-order valence-corrected chi connectivity index (χ3v) is 4.35. The molecule has 0 bridgehead atoms. The van der Waals surface area contributed by atoms with E-state index in [2.05, 4.69) is 24.0 Å². The van der Waals surface area contributed by atoms with Crippen molar-refractivity contribution in [3.05, 3.63) is 28.8 Å². The van der Waals surface area contributed by atoms with E-state index in [1.165, 1.54) is 30.5 Å². The number of hydrogen-bond acceptors (Lipinski definition) is 2. The van der Waals surface area contributed by atoms with E-state index in [9.17, 15) is 0 Å². The van der Waals surface area contributed by atoms with Gasteiger partial charge in [0.05, 0.1) is 0 Å². The third kappa shape index (κ3) is 3.87. The highest BCUT2D eigenvalue weighted by Gasteiger charge is 2.20. The van der Waals surface area contributed by atoms with Gasteiger partial charge in [0, 0.05) is 29.8 Å². The minimum atomic E-state index is 0.172. The van der Waals surface area contributed by atoms with E-state index in [4.69, 9.17) is 17.3 Å². The Kier molecular flexibility index (Phi) is 5.12. The van der Waals surface area contributed by atoms with Gasteiger partial charge < -0.3 is 10.6 Å². The van der Waals surface area contributed by atoms with Crippen LogP contribution in [0.4, 0.5) is 5.69 Å². The minimum absolute atomic E-state index is 0.172. The smallest absolute Gasteiger partial charge is 0.0410 e. The maximum Gasteiger partial charge on any atom is 0.0410 e. The summed E-state index contributed by atoms with van der Waals surface area (Å²) in [4.78, 5) is 2.50. The average molecular weight is 281 g/mol. The summed E-state index contributed by atoms with van der Waals surface area (Å²) in [5.74, 6) is 0.903. The van der Waals surface area contributed by atoms with Crippen LogP contribution in [0.3, 0.4) is 0 Å². The predicted octanol–water partition coefficient (Wildman–Crippen LogP) is 3.86. The number of rotatable bonds is 4. The largest absolute Gasteiger partial charge is 0.371 e. The highest BCUT2D eigenvalue weighted by Crippen LogP contribution is 2.30. The highest BCUT2D eigenvalue weighted by atomic mass is 35.5. The van der Waals surface area contributed by atoms with Gasteiger partial charge in [-0.15, -0.1) is 0 Å². The van der Waals surface area contributed by atoms with Gasteiger partial charge in [-0.25, -0.2) is 0 Å². The lowest BCUT2D eigenvalue weighted by atomic mass is 9.93. The van der Waals surface area contributed by atoms with E-state index < -0.39 is 0 Å². The summed E-state index contributed by atoms with van der Waals surface area (Å²) < 4.78 is 0. The molecule has 3 heteroatoms. The minimum Gasteiger partial charge on any atom is -0.371 e. The van der Waals surface area contributed by atoms with E-state index >= 15 is 0 Å². The molecule has 0 aliphatic carbocycles. The number of benzene rings is 1. The second-order valence-corrected chi connectivity index (χ2v) is 6.23. The van der Waals surface area contributed by atoms with Crippen LogP contribution >= 0.6 is 11.6 Å². The Morgan fingerprint density at radius 2 is 2.05 bits per heavy atom. The van der Waals surface area contributed by atoms with Crippen LogP contribution in [0, 0.1) is 5.92 Å². The normalized spacial score (nSPS) is 18.6. The quantitative estimate of drug-likeness (QED) is 0.907. The molecule has 0 spiro atoms. The molecule has 1 heterocycles. The second kappa shape index (κ2) is 6.62. The Labute approximate surface area is 121 Å². The molecule has 2 rings (SSSR count). The molecule has 1 unspecified atom stereocenters. The van der Waals surface area contributed by atoms with Crippen molar-refractivity contribution in [3.8, 4) is 0 Å². The first kappa shape index (κ1) is 14.7. The molecular formula is C16H25ClN2. The maximum atomic E-state index is 6.13. The van der Waals surface area contributed by atoms with E-state index in [0.717, 1.165) is 30.5 Å². The molecule has 1 atom stereocenters. The summed E-state index contributed by atoms with van der Waals surface area (Å²) in [6, 6.07) is 6.40. The number of piperidine rings is 1. The van der Waals surface area contributed by atoms with Crippen LogP contribution in [-0.4, -0.2) is 19.1 Å².